The molecule has 0 saturated heterocycles. The highest BCUT2D eigenvalue weighted by molar-refractivity contribution is 7.80. The maximum Gasteiger partial charge on any atom is 0.175 e. The molecule has 0 radical (unpaired) electrons. The molecule has 0 aromatic heterocycles. The fourth-order valence-corrected chi connectivity index (χ4v) is 2.37. The van der Waals surface area contributed by atoms with Crippen molar-refractivity contribution in [1.82, 2.24) is 0 Å². The van der Waals surface area contributed by atoms with Gasteiger partial charge in [0.2, 0.25) is 0 Å². The number of benzene rings is 3. The van der Waals surface area contributed by atoms with Crippen molar-refractivity contribution < 1.29 is 13.5 Å². The third kappa shape index (κ3) is 4.74. The van der Waals surface area contributed by atoms with Gasteiger partial charge in [-0.1, -0.05) is 24.3 Å². The minimum Gasteiger partial charge on any atom is -0.457 e. The molecule has 2 N–H and O–H groups in total. The predicted molar refractivity (Wildman–Crippen MR) is 99.2 cm³/mol. The Bertz CT molecular complexity index is 888. The van der Waals surface area contributed by atoms with E-state index in [0.29, 0.717) is 17.2 Å². The van der Waals surface area contributed by atoms with Gasteiger partial charge in [0.05, 0.1) is 5.69 Å². The third-order valence-electron chi connectivity index (χ3n) is 3.25. The first-order chi connectivity index (χ1) is 12.1. The summed E-state index contributed by atoms with van der Waals surface area (Å²) in [4.78, 5) is 0. The number of nitrogens with one attached hydrogen (secondary N) is 2. The van der Waals surface area contributed by atoms with Crippen LogP contribution in [0, 0.1) is 11.6 Å². The highest BCUT2D eigenvalue weighted by Crippen LogP contribution is 2.24. The molecule has 0 aliphatic rings. The Morgan fingerprint density at radius 1 is 0.800 bits per heavy atom. The van der Waals surface area contributed by atoms with Crippen molar-refractivity contribution in [2.45, 2.75) is 0 Å². The van der Waals surface area contributed by atoms with Crippen LogP contribution in [0.2, 0.25) is 0 Å². The van der Waals surface area contributed by atoms with Crippen molar-refractivity contribution in [1.29, 1.82) is 0 Å². The molecule has 0 bridgehead atoms. The molecule has 3 nitrogen and oxygen atoms in total. The molecule has 0 atom stereocenters. The number of hydrogen-bond donors (Lipinski definition) is 2. The van der Waals surface area contributed by atoms with E-state index < -0.39 is 11.6 Å². The molecule has 3 aromatic carbocycles. The zero-order chi connectivity index (χ0) is 17.6. The Kier molecular flexibility index (Phi) is 5.20. The van der Waals surface area contributed by atoms with Crippen LogP contribution in [0.3, 0.4) is 0 Å². The SMILES string of the molecule is Fc1ccc(NC(=S)Nc2cccc(Oc3ccccc3)c2)c(F)c1. The molecule has 0 spiro atoms. The van der Waals surface area contributed by atoms with Gasteiger partial charge in [0.15, 0.2) is 5.11 Å². The van der Waals surface area contributed by atoms with Crippen LogP contribution in [-0.2, 0) is 0 Å². The molecule has 0 saturated carbocycles. The Balaban J connectivity index is 1.66. The lowest BCUT2D eigenvalue weighted by Gasteiger charge is -2.12. The Hall–Kier alpha value is -2.99. The standard InChI is InChI=1S/C19H14F2N2OS/c20-13-9-10-18(17(21)11-13)23-19(25)22-14-5-4-8-16(12-14)24-15-6-2-1-3-7-15/h1-12H,(H2,22,23,25). The number of hydrogen-bond acceptors (Lipinski definition) is 2. The zero-order valence-corrected chi connectivity index (χ0v) is 13.8. The minimum atomic E-state index is -0.717. The zero-order valence-electron chi connectivity index (χ0n) is 13.0. The number of para-hydroxylation sites is 1. The second-order valence-corrected chi connectivity index (χ2v) is 5.55. The number of thiocarbonyl (C=S) groups is 1. The highest BCUT2D eigenvalue weighted by Gasteiger charge is 2.06. The average Bonchev–Trinajstić information content (AvgIpc) is 2.59. The molecular formula is C19H14F2N2OS. The molecule has 0 heterocycles. The quantitative estimate of drug-likeness (QED) is 0.599. The van der Waals surface area contributed by atoms with Crippen LogP contribution in [0.5, 0.6) is 11.5 Å². The molecule has 0 aliphatic carbocycles. The van der Waals surface area contributed by atoms with Crippen molar-refractivity contribution in [2.75, 3.05) is 10.6 Å². The van der Waals surface area contributed by atoms with Gasteiger partial charge in [0, 0.05) is 17.8 Å². The molecule has 126 valence electrons. The first-order valence-electron chi connectivity index (χ1n) is 7.46. The monoisotopic (exact) mass is 356 g/mol. The second kappa shape index (κ2) is 7.72. The van der Waals surface area contributed by atoms with Crippen molar-refractivity contribution in [2.24, 2.45) is 0 Å². The number of halogens is 2. The van der Waals surface area contributed by atoms with Gasteiger partial charge in [0.25, 0.3) is 0 Å². The largest absolute Gasteiger partial charge is 0.457 e. The molecular weight excluding hydrogens is 342 g/mol. The summed E-state index contributed by atoms with van der Waals surface area (Å²) in [6.45, 7) is 0. The van der Waals surface area contributed by atoms with Gasteiger partial charge >= 0.3 is 0 Å². The van der Waals surface area contributed by atoms with Gasteiger partial charge in [-0.3, -0.25) is 0 Å². The lowest BCUT2D eigenvalue weighted by Crippen LogP contribution is -2.19. The third-order valence-corrected chi connectivity index (χ3v) is 3.45. The summed E-state index contributed by atoms with van der Waals surface area (Å²) in [5.41, 5.74) is 0.768. The summed E-state index contributed by atoms with van der Waals surface area (Å²) in [7, 11) is 0. The minimum absolute atomic E-state index is 0.0931. The Labute approximate surface area is 149 Å². The fourth-order valence-electron chi connectivity index (χ4n) is 2.14. The van der Waals surface area contributed by atoms with E-state index >= 15 is 0 Å². The number of ether oxygens (including phenoxy) is 1. The van der Waals surface area contributed by atoms with E-state index in [2.05, 4.69) is 10.6 Å². The van der Waals surface area contributed by atoms with E-state index in [9.17, 15) is 8.78 Å². The van der Waals surface area contributed by atoms with Gasteiger partial charge < -0.3 is 15.4 Å². The van der Waals surface area contributed by atoms with Crippen molar-refractivity contribution >= 4 is 28.7 Å². The Morgan fingerprint density at radius 3 is 2.32 bits per heavy atom. The van der Waals surface area contributed by atoms with Crippen molar-refractivity contribution in [3.05, 3.63) is 84.4 Å². The predicted octanol–water partition coefficient (Wildman–Crippen LogP) is 5.57. The molecule has 0 unspecified atom stereocenters. The summed E-state index contributed by atoms with van der Waals surface area (Å²) in [5.74, 6) is -0.0151. The van der Waals surface area contributed by atoms with Crippen molar-refractivity contribution in [3.63, 3.8) is 0 Å². The molecule has 0 fully saturated rings. The summed E-state index contributed by atoms with van der Waals surface area (Å²) >= 11 is 5.16. The number of anilines is 2. The molecule has 0 amide bonds. The van der Waals surface area contributed by atoms with E-state index in [1.807, 2.05) is 42.5 Å². The molecule has 25 heavy (non-hydrogen) atoms. The highest BCUT2D eigenvalue weighted by atomic mass is 32.1. The van der Waals surface area contributed by atoms with Gasteiger partial charge in [-0.25, -0.2) is 8.78 Å². The van der Waals surface area contributed by atoms with E-state index in [-0.39, 0.29) is 10.8 Å². The normalized spacial score (nSPS) is 10.2. The Morgan fingerprint density at radius 2 is 1.56 bits per heavy atom. The van der Waals surface area contributed by atoms with Gasteiger partial charge in [-0.2, -0.15) is 0 Å². The average molecular weight is 356 g/mol. The summed E-state index contributed by atoms with van der Waals surface area (Å²) in [6, 6.07) is 19.8. The summed E-state index contributed by atoms with van der Waals surface area (Å²) in [5, 5.41) is 5.81. The van der Waals surface area contributed by atoms with Crippen LogP contribution < -0.4 is 15.4 Å². The smallest absolute Gasteiger partial charge is 0.175 e. The second-order valence-electron chi connectivity index (χ2n) is 5.15. The van der Waals surface area contributed by atoms with Crippen LogP contribution >= 0.6 is 12.2 Å². The van der Waals surface area contributed by atoms with E-state index in [0.717, 1.165) is 12.1 Å². The van der Waals surface area contributed by atoms with E-state index in [4.69, 9.17) is 17.0 Å². The molecule has 6 heteroatoms. The maximum atomic E-state index is 13.6. The molecule has 3 aromatic rings. The van der Waals surface area contributed by atoms with Crippen LogP contribution in [0.1, 0.15) is 0 Å². The first kappa shape index (κ1) is 16.9. The fraction of sp³-hybridized carbons (Fsp3) is 0. The summed E-state index contributed by atoms with van der Waals surface area (Å²) < 4.78 is 32.3. The van der Waals surface area contributed by atoms with Gasteiger partial charge in [-0.05, 0) is 48.6 Å². The van der Waals surface area contributed by atoms with E-state index in [1.165, 1.54) is 6.07 Å². The first-order valence-corrected chi connectivity index (χ1v) is 7.87. The lowest BCUT2D eigenvalue weighted by molar-refractivity contribution is 0.483. The van der Waals surface area contributed by atoms with E-state index in [1.54, 1.807) is 12.1 Å². The maximum absolute atomic E-state index is 13.6. The van der Waals surface area contributed by atoms with Crippen LogP contribution in [0.25, 0.3) is 0 Å². The molecule has 0 aliphatic heterocycles. The van der Waals surface area contributed by atoms with Crippen LogP contribution in [-0.4, -0.2) is 5.11 Å². The summed E-state index contributed by atoms with van der Waals surface area (Å²) in [6.07, 6.45) is 0. The van der Waals surface area contributed by atoms with Crippen LogP contribution in [0.4, 0.5) is 20.2 Å². The van der Waals surface area contributed by atoms with Gasteiger partial charge in [0.1, 0.15) is 23.1 Å². The number of rotatable bonds is 4. The van der Waals surface area contributed by atoms with Crippen molar-refractivity contribution in [3.8, 4) is 11.5 Å². The topological polar surface area (TPSA) is 33.3 Å². The van der Waals surface area contributed by atoms with Gasteiger partial charge in [-0.15, -0.1) is 0 Å². The van der Waals surface area contributed by atoms with Crippen LogP contribution in [0.15, 0.2) is 72.8 Å². The lowest BCUT2D eigenvalue weighted by atomic mass is 10.3. The molecule has 3 rings (SSSR count).